The summed E-state index contributed by atoms with van der Waals surface area (Å²) in [5.41, 5.74) is 0. The summed E-state index contributed by atoms with van der Waals surface area (Å²) in [6, 6.07) is 0. The van der Waals surface area contributed by atoms with Crippen LogP contribution in [-0.4, -0.2) is 64.4 Å². The Hall–Kier alpha value is -1.22. The van der Waals surface area contributed by atoms with Crippen molar-refractivity contribution in [1.82, 2.24) is 4.90 Å². The Morgan fingerprint density at radius 3 is 1.63 bits per heavy atom. The third kappa shape index (κ3) is 13.0. The summed E-state index contributed by atoms with van der Waals surface area (Å²) in [6.45, 7) is 2.33. The molecule has 0 aliphatic rings. The number of hydrazine groups is 1. The summed E-state index contributed by atoms with van der Waals surface area (Å²) >= 11 is 0. The van der Waals surface area contributed by atoms with E-state index in [2.05, 4.69) is 21.2 Å². The molecule has 4 N–H and O–H groups in total. The quantitative estimate of drug-likeness (QED) is 0.309. The van der Waals surface area contributed by atoms with Gasteiger partial charge in [0.25, 0.3) is 0 Å². The molecule has 0 aromatic rings. The van der Waals surface area contributed by atoms with Gasteiger partial charge in [0.15, 0.2) is 0 Å². The molecule has 0 saturated heterocycles. The van der Waals surface area contributed by atoms with Crippen LogP contribution < -0.4 is 11.7 Å². The van der Waals surface area contributed by atoms with Crippen LogP contribution in [0.5, 0.6) is 0 Å². The number of esters is 2. The molecule has 8 nitrogen and oxygen atoms in total. The standard InChI is InChI=1S/C11H21NO5.H4N2/c1-15-9-8-12(6-4-10(13)16-2)7-5-11(14)17-3;1-2/h4-9H2,1-3H3;1-2H2. The first-order chi connectivity index (χ1) is 9.13. The molecule has 0 aliphatic carbocycles. The molecule has 0 radical (unpaired) electrons. The molecule has 8 heteroatoms. The van der Waals surface area contributed by atoms with Crippen molar-refractivity contribution in [2.75, 3.05) is 47.6 Å². The van der Waals surface area contributed by atoms with Crippen LogP contribution in [0.1, 0.15) is 12.8 Å². The van der Waals surface area contributed by atoms with Gasteiger partial charge in [-0.25, -0.2) is 0 Å². The molecule has 19 heavy (non-hydrogen) atoms. The molecule has 0 bridgehead atoms. The molecule has 0 aliphatic heterocycles. The summed E-state index contributed by atoms with van der Waals surface area (Å²) in [5.74, 6) is 7.48. The first-order valence-electron chi connectivity index (χ1n) is 5.82. The fraction of sp³-hybridized carbons (Fsp3) is 0.818. The highest BCUT2D eigenvalue weighted by atomic mass is 16.5. The van der Waals surface area contributed by atoms with Crippen molar-refractivity contribution in [2.45, 2.75) is 12.8 Å². The van der Waals surface area contributed by atoms with Gasteiger partial charge in [-0.15, -0.1) is 0 Å². The molecule has 114 valence electrons. The molecule has 0 aromatic carbocycles. The van der Waals surface area contributed by atoms with Crippen LogP contribution in [-0.2, 0) is 23.8 Å². The van der Waals surface area contributed by atoms with Gasteiger partial charge in [0.1, 0.15) is 0 Å². The van der Waals surface area contributed by atoms with Crippen LogP contribution in [0.4, 0.5) is 0 Å². The van der Waals surface area contributed by atoms with Crippen LogP contribution in [0.2, 0.25) is 0 Å². The largest absolute Gasteiger partial charge is 0.469 e. The van der Waals surface area contributed by atoms with Crippen LogP contribution >= 0.6 is 0 Å². The molecule has 0 amide bonds. The second kappa shape index (κ2) is 14.8. The third-order valence-electron chi connectivity index (χ3n) is 2.33. The first-order valence-corrected chi connectivity index (χ1v) is 5.82. The van der Waals surface area contributed by atoms with Crippen molar-refractivity contribution < 1.29 is 23.8 Å². The third-order valence-corrected chi connectivity index (χ3v) is 2.33. The molecule has 0 rings (SSSR count). The number of rotatable bonds is 9. The minimum absolute atomic E-state index is 0.259. The molecule has 0 spiro atoms. The van der Waals surface area contributed by atoms with Gasteiger partial charge >= 0.3 is 11.9 Å². The lowest BCUT2D eigenvalue weighted by Crippen LogP contribution is -2.32. The molecule has 0 atom stereocenters. The Balaban J connectivity index is 0. The number of nitrogens with two attached hydrogens (primary N) is 2. The number of carbonyl (C=O) groups is 2. The average Bonchev–Trinajstić information content (AvgIpc) is 2.47. The van der Waals surface area contributed by atoms with Crippen LogP contribution in [0.15, 0.2) is 0 Å². The van der Waals surface area contributed by atoms with Gasteiger partial charge in [-0.3, -0.25) is 26.2 Å². The second-order valence-corrected chi connectivity index (χ2v) is 3.49. The van der Waals surface area contributed by atoms with E-state index in [0.717, 1.165) is 0 Å². The lowest BCUT2D eigenvalue weighted by molar-refractivity contribution is -0.141. The predicted octanol–water partition coefficient (Wildman–Crippen LogP) is -1.12. The number of methoxy groups -OCH3 is 3. The maximum atomic E-state index is 11.0. The molecule has 0 aromatic heterocycles. The second-order valence-electron chi connectivity index (χ2n) is 3.49. The number of carbonyl (C=O) groups excluding carboxylic acids is 2. The zero-order chi connectivity index (χ0) is 15.1. The fourth-order valence-corrected chi connectivity index (χ4v) is 1.26. The van der Waals surface area contributed by atoms with Crippen LogP contribution in [0, 0.1) is 0 Å². The molecule has 0 unspecified atom stereocenters. The van der Waals surface area contributed by atoms with Crippen molar-refractivity contribution in [1.29, 1.82) is 0 Å². The van der Waals surface area contributed by atoms with E-state index >= 15 is 0 Å². The van der Waals surface area contributed by atoms with Gasteiger partial charge in [-0.2, -0.15) is 0 Å². The highest BCUT2D eigenvalue weighted by molar-refractivity contribution is 5.70. The van der Waals surface area contributed by atoms with E-state index < -0.39 is 0 Å². The highest BCUT2D eigenvalue weighted by Crippen LogP contribution is 1.97. The minimum atomic E-state index is -0.259. The molecular formula is C11H25N3O5. The van der Waals surface area contributed by atoms with Crippen molar-refractivity contribution in [2.24, 2.45) is 11.7 Å². The van der Waals surface area contributed by atoms with E-state index in [1.165, 1.54) is 14.2 Å². The Morgan fingerprint density at radius 1 is 0.895 bits per heavy atom. The number of hydrogen-bond donors (Lipinski definition) is 2. The highest BCUT2D eigenvalue weighted by Gasteiger charge is 2.10. The Bertz CT molecular complexity index is 218. The average molecular weight is 279 g/mol. The Labute approximate surface area is 113 Å². The van der Waals surface area contributed by atoms with E-state index in [1.54, 1.807) is 7.11 Å². The van der Waals surface area contributed by atoms with Crippen molar-refractivity contribution in [3.8, 4) is 0 Å². The fourth-order valence-electron chi connectivity index (χ4n) is 1.26. The van der Waals surface area contributed by atoms with Crippen LogP contribution in [0.3, 0.4) is 0 Å². The summed E-state index contributed by atoms with van der Waals surface area (Å²) in [4.78, 5) is 24.0. The van der Waals surface area contributed by atoms with Gasteiger partial charge in [0, 0.05) is 26.7 Å². The topological polar surface area (TPSA) is 117 Å². The zero-order valence-corrected chi connectivity index (χ0v) is 11.9. The minimum Gasteiger partial charge on any atom is -0.469 e. The van der Waals surface area contributed by atoms with Gasteiger partial charge in [-0.1, -0.05) is 0 Å². The lowest BCUT2D eigenvalue weighted by atomic mass is 10.3. The maximum absolute atomic E-state index is 11.0. The van der Waals surface area contributed by atoms with Crippen molar-refractivity contribution in [3.05, 3.63) is 0 Å². The SMILES string of the molecule is COCCN(CCC(=O)OC)CCC(=O)OC.NN. The monoisotopic (exact) mass is 279 g/mol. The van der Waals surface area contributed by atoms with Crippen molar-refractivity contribution in [3.63, 3.8) is 0 Å². The normalized spacial score (nSPS) is 9.58. The summed E-state index contributed by atoms with van der Waals surface area (Å²) < 4.78 is 14.1. The Kier molecular flexibility index (Phi) is 15.7. The van der Waals surface area contributed by atoms with E-state index in [1.807, 2.05) is 4.90 Å². The van der Waals surface area contributed by atoms with E-state index in [-0.39, 0.29) is 11.9 Å². The summed E-state index contributed by atoms with van der Waals surface area (Å²) in [7, 11) is 4.32. The maximum Gasteiger partial charge on any atom is 0.306 e. The van der Waals surface area contributed by atoms with E-state index in [0.29, 0.717) is 39.1 Å². The zero-order valence-electron chi connectivity index (χ0n) is 11.9. The number of nitrogens with zero attached hydrogens (tertiary/aromatic N) is 1. The number of hydrogen-bond acceptors (Lipinski definition) is 8. The lowest BCUT2D eigenvalue weighted by Gasteiger charge is -2.20. The van der Waals surface area contributed by atoms with Gasteiger partial charge in [0.2, 0.25) is 0 Å². The summed E-state index contributed by atoms with van der Waals surface area (Å²) in [6.07, 6.45) is 0.614. The van der Waals surface area contributed by atoms with Crippen molar-refractivity contribution >= 4 is 11.9 Å². The smallest absolute Gasteiger partial charge is 0.306 e. The summed E-state index contributed by atoms with van der Waals surface area (Å²) in [5, 5.41) is 0. The molecule has 0 heterocycles. The van der Waals surface area contributed by atoms with Crippen LogP contribution in [0.25, 0.3) is 0 Å². The first kappa shape index (κ1) is 20.1. The Morgan fingerprint density at radius 2 is 1.32 bits per heavy atom. The molecular weight excluding hydrogens is 254 g/mol. The van der Waals surface area contributed by atoms with E-state index in [4.69, 9.17) is 4.74 Å². The number of ether oxygens (including phenoxy) is 3. The van der Waals surface area contributed by atoms with E-state index in [9.17, 15) is 9.59 Å². The molecule has 0 fully saturated rings. The molecule has 0 saturated carbocycles. The van der Waals surface area contributed by atoms with Gasteiger partial charge < -0.3 is 14.2 Å². The van der Waals surface area contributed by atoms with Gasteiger partial charge in [-0.05, 0) is 0 Å². The predicted molar refractivity (Wildman–Crippen MR) is 70.0 cm³/mol. The van der Waals surface area contributed by atoms with Gasteiger partial charge in [0.05, 0.1) is 33.7 Å².